The van der Waals surface area contributed by atoms with Crippen LogP contribution in [-0.2, 0) is 33.3 Å². The van der Waals surface area contributed by atoms with Crippen LogP contribution in [0.2, 0.25) is 0 Å². The van der Waals surface area contributed by atoms with Gasteiger partial charge in [-0.2, -0.15) is 0 Å². The van der Waals surface area contributed by atoms with E-state index in [0.717, 1.165) is 25.7 Å². The van der Waals surface area contributed by atoms with Gasteiger partial charge in [0.2, 0.25) is 12.6 Å². The summed E-state index contributed by atoms with van der Waals surface area (Å²) in [5.74, 6) is -2.63. The van der Waals surface area contributed by atoms with Crippen molar-refractivity contribution in [3.63, 3.8) is 0 Å². The van der Waals surface area contributed by atoms with Crippen LogP contribution in [0.25, 0.3) is 0 Å². The zero-order valence-corrected chi connectivity index (χ0v) is 28.4. The van der Waals surface area contributed by atoms with Crippen LogP contribution in [-0.4, -0.2) is 70.2 Å². The molecule has 1 spiro atoms. The van der Waals surface area contributed by atoms with Gasteiger partial charge in [-0.3, -0.25) is 19.1 Å². The average Bonchev–Trinajstić information content (AvgIpc) is 3.25. The molecule has 2 aliphatic carbocycles. The lowest BCUT2D eigenvalue weighted by atomic mass is 9.44. The molecule has 46 heavy (non-hydrogen) atoms. The maximum absolute atomic E-state index is 13.5. The largest absolute Gasteiger partial charge is 0.461 e. The van der Waals surface area contributed by atoms with Gasteiger partial charge >= 0.3 is 17.9 Å². The van der Waals surface area contributed by atoms with Crippen molar-refractivity contribution in [2.75, 3.05) is 0 Å². The summed E-state index contributed by atoms with van der Waals surface area (Å²) < 4.78 is 23.7. The highest BCUT2D eigenvalue weighted by atomic mass is 16.8. The van der Waals surface area contributed by atoms with Crippen LogP contribution in [0.3, 0.4) is 0 Å². The number of rotatable bonds is 17. The molecule has 1 heterocycles. The number of aliphatic hydroxyl groups excluding tert-OH is 3. The predicted octanol–water partition coefficient (Wildman–Crippen LogP) is 5.43. The number of ether oxygens (including phenoxy) is 4. The second kappa shape index (κ2) is 16.5. The van der Waals surface area contributed by atoms with Gasteiger partial charge in [-0.25, -0.2) is 0 Å². The third kappa shape index (κ3) is 8.48. The Balaban J connectivity index is 1.96. The molecule has 10 atom stereocenters. The van der Waals surface area contributed by atoms with Gasteiger partial charge in [0.05, 0.1) is 24.7 Å². The number of hydrogen-bond donors (Lipinski definition) is 3. The van der Waals surface area contributed by atoms with Crippen molar-refractivity contribution >= 4 is 17.9 Å². The van der Waals surface area contributed by atoms with Crippen molar-refractivity contribution in [3.05, 3.63) is 36.5 Å². The van der Waals surface area contributed by atoms with Gasteiger partial charge in [0.25, 0.3) is 0 Å². The molecule has 0 aromatic carbocycles. The Bertz CT molecular complexity index is 1130. The molecule has 3 rings (SSSR count). The molecule has 0 bridgehead atoms. The standard InChI is InChI=1S/C36H56O10/c1-8-10-11-12-13-14-15-16-26(39)20-32(42)45-31-17-23(4)35(7,21-29(41)22(3)9-2)30-19-27(40)18-28-33(43-24(5)37)46-34(36(28,30)31)44-25(6)38/h9,18,23,26-27,29-31,33-34,39-41H,2-3,8,10-17,19-21H2,1,4-7H3/t23-,26?,27+,29-,30+,31+,33+,34-,35-,36-/m1/s1. The lowest BCUT2D eigenvalue weighted by molar-refractivity contribution is -0.259. The molecule has 2 fully saturated rings. The van der Waals surface area contributed by atoms with E-state index in [1.165, 1.54) is 39.2 Å². The summed E-state index contributed by atoms with van der Waals surface area (Å²) in [5, 5.41) is 33.0. The minimum atomic E-state index is -1.35. The highest BCUT2D eigenvalue weighted by Crippen LogP contribution is 2.67. The highest BCUT2D eigenvalue weighted by Gasteiger charge is 2.72. The van der Waals surface area contributed by atoms with E-state index in [9.17, 15) is 29.7 Å². The monoisotopic (exact) mass is 648 g/mol. The molecule has 1 aliphatic heterocycles. The number of hydrogen-bond acceptors (Lipinski definition) is 10. The van der Waals surface area contributed by atoms with Gasteiger partial charge in [0.15, 0.2) is 0 Å². The Morgan fingerprint density at radius 3 is 2.28 bits per heavy atom. The average molecular weight is 649 g/mol. The first kappa shape index (κ1) is 37.9. The number of esters is 3. The minimum absolute atomic E-state index is 0.164. The van der Waals surface area contributed by atoms with E-state index in [0.29, 0.717) is 24.0 Å². The third-order valence-electron chi connectivity index (χ3n) is 10.5. The number of unbranched alkanes of at least 4 members (excludes halogenated alkanes) is 6. The first-order chi connectivity index (χ1) is 21.7. The predicted molar refractivity (Wildman–Crippen MR) is 172 cm³/mol. The molecule has 260 valence electrons. The van der Waals surface area contributed by atoms with Crippen molar-refractivity contribution in [1.29, 1.82) is 0 Å². The molecule has 3 aliphatic rings. The molecule has 1 unspecified atom stereocenters. The Kier molecular flexibility index (Phi) is 13.6. The molecule has 10 nitrogen and oxygen atoms in total. The summed E-state index contributed by atoms with van der Waals surface area (Å²) in [7, 11) is 0. The van der Waals surface area contributed by atoms with Gasteiger partial charge in [0.1, 0.15) is 11.5 Å². The fourth-order valence-electron chi connectivity index (χ4n) is 7.97. The fraction of sp³-hybridized carbons (Fsp3) is 0.750. The van der Waals surface area contributed by atoms with Crippen LogP contribution >= 0.6 is 0 Å². The lowest BCUT2D eigenvalue weighted by Crippen LogP contribution is -2.64. The number of aliphatic hydroxyl groups is 3. The lowest BCUT2D eigenvalue weighted by Gasteiger charge is -2.61. The maximum Gasteiger partial charge on any atom is 0.308 e. The van der Waals surface area contributed by atoms with Crippen LogP contribution in [0.4, 0.5) is 0 Å². The molecule has 0 radical (unpaired) electrons. The SMILES string of the molecule is C=CC(=C)[C@H](O)C[C@]1(C)[C@H](C)C[C@H](OC(=O)CC(O)CCCCCCCCC)[C@@]23C(=C[C@H](O)C[C@@H]12)[C@@H](OC(C)=O)O[C@H]3OC(C)=O. The minimum Gasteiger partial charge on any atom is -0.461 e. The summed E-state index contributed by atoms with van der Waals surface area (Å²) in [6, 6.07) is 0. The summed E-state index contributed by atoms with van der Waals surface area (Å²) in [6.45, 7) is 16.3. The van der Waals surface area contributed by atoms with Gasteiger partial charge in [-0.05, 0) is 54.6 Å². The zero-order chi connectivity index (χ0) is 34.2. The van der Waals surface area contributed by atoms with Crippen molar-refractivity contribution in [2.45, 2.75) is 149 Å². The van der Waals surface area contributed by atoms with E-state index >= 15 is 0 Å². The molecule has 0 amide bonds. The van der Waals surface area contributed by atoms with E-state index in [-0.39, 0.29) is 25.2 Å². The second-order valence-electron chi connectivity index (χ2n) is 13.8. The van der Waals surface area contributed by atoms with E-state index in [2.05, 4.69) is 20.1 Å². The fourth-order valence-corrected chi connectivity index (χ4v) is 7.97. The Hall–Kier alpha value is -2.53. The maximum atomic E-state index is 13.5. The quantitative estimate of drug-likeness (QED) is 0.0613. The van der Waals surface area contributed by atoms with Crippen LogP contribution in [0.1, 0.15) is 112 Å². The first-order valence-corrected chi connectivity index (χ1v) is 17.0. The summed E-state index contributed by atoms with van der Waals surface area (Å²) in [4.78, 5) is 38.1. The van der Waals surface area contributed by atoms with E-state index < -0.39 is 71.7 Å². The van der Waals surface area contributed by atoms with Gasteiger partial charge in [-0.1, -0.05) is 85.0 Å². The van der Waals surface area contributed by atoms with Crippen molar-refractivity contribution < 1.29 is 48.7 Å². The topological polar surface area (TPSA) is 149 Å². The smallest absolute Gasteiger partial charge is 0.308 e. The van der Waals surface area contributed by atoms with E-state index in [1.807, 2.05) is 13.8 Å². The summed E-state index contributed by atoms with van der Waals surface area (Å²) in [5.41, 5.74) is -1.27. The van der Waals surface area contributed by atoms with Crippen molar-refractivity contribution in [3.8, 4) is 0 Å². The zero-order valence-electron chi connectivity index (χ0n) is 28.4. The highest BCUT2D eigenvalue weighted by molar-refractivity contribution is 5.71. The molecular formula is C36H56O10. The number of carbonyl (C=O) groups is 3. The molecule has 3 N–H and O–H groups in total. The Morgan fingerprint density at radius 1 is 1.04 bits per heavy atom. The molecule has 10 heteroatoms. The van der Waals surface area contributed by atoms with E-state index in [4.69, 9.17) is 18.9 Å². The van der Waals surface area contributed by atoms with Crippen LogP contribution in [0.15, 0.2) is 36.5 Å². The summed E-state index contributed by atoms with van der Waals surface area (Å²) in [6.07, 6.45) is 5.35. The van der Waals surface area contributed by atoms with E-state index in [1.54, 1.807) is 6.08 Å². The van der Waals surface area contributed by atoms with Crippen LogP contribution < -0.4 is 0 Å². The van der Waals surface area contributed by atoms with Crippen molar-refractivity contribution in [1.82, 2.24) is 0 Å². The normalized spacial score (nSPS) is 33.1. The first-order valence-electron chi connectivity index (χ1n) is 17.0. The van der Waals surface area contributed by atoms with Crippen LogP contribution in [0.5, 0.6) is 0 Å². The Morgan fingerprint density at radius 2 is 1.67 bits per heavy atom. The second-order valence-corrected chi connectivity index (χ2v) is 13.8. The van der Waals surface area contributed by atoms with Gasteiger partial charge in [-0.15, -0.1) is 0 Å². The Labute approximate surface area is 274 Å². The molecule has 0 aromatic rings. The molecule has 0 aromatic heterocycles. The van der Waals surface area contributed by atoms with Gasteiger partial charge in [0, 0.05) is 19.4 Å². The van der Waals surface area contributed by atoms with Crippen LogP contribution in [0, 0.1) is 22.7 Å². The number of carbonyl (C=O) groups excluding carboxylic acids is 3. The summed E-state index contributed by atoms with van der Waals surface area (Å²) >= 11 is 0. The molecule has 1 saturated carbocycles. The third-order valence-corrected chi connectivity index (χ3v) is 10.5. The van der Waals surface area contributed by atoms with Crippen molar-refractivity contribution in [2.24, 2.45) is 22.7 Å². The van der Waals surface area contributed by atoms with Gasteiger partial charge < -0.3 is 29.5 Å². The molecular weight excluding hydrogens is 592 g/mol. The molecule has 1 saturated heterocycles.